The van der Waals surface area contributed by atoms with Gasteiger partial charge in [-0.1, -0.05) is 13.8 Å². The van der Waals surface area contributed by atoms with Gasteiger partial charge in [0.15, 0.2) is 0 Å². The van der Waals surface area contributed by atoms with E-state index in [0.717, 1.165) is 66.8 Å². The van der Waals surface area contributed by atoms with Gasteiger partial charge in [-0.05, 0) is 32.3 Å². The number of ether oxygens (including phenoxy) is 1. The van der Waals surface area contributed by atoms with Crippen LogP contribution in [0.3, 0.4) is 0 Å². The van der Waals surface area contributed by atoms with Crippen molar-refractivity contribution in [2.24, 2.45) is 0 Å². The summed E-state index contributed by atoms with van der Waals surface area (Å²) in [6, 6.07) is 4.02. The van der Waals surface area contributed by atoms with Gasteiger partial charge in [-0.25, -0.2) is 19.9 Å². The quantitative estimate of drug-likeness (QED) is 0.686. The lowest BCUT2D eigenvalue weighted by molar-refractivity contribution is 0.274. The van der Waals surface area contributed by atoms with Gasteiger partial charge in [0.1, 0.15) is 23.7 Å². The van der Waals surface area contributed by atoms with Gasteiger partial charge < -0.3 is 10.1 Å². The summed E-state index contributed by atoms with van der Waals surface area (Å²) in [5, 5.41) is 3.50. The van der Waals surface area contributed by atoms with Crippen LogP contribution in [0.25, 0.3) is 11.3 Å². The summed E-state index contributed by atoms with van der Waals surface area (Å²) in [7, 11) is 0. The van der Waals surface area contributed by atoms with Crippen LogP contribution in [0, 0.1) is 6.92 Å². The average Bonchev–Trinajstić information content (AvgIpc) is 2.78. The minimum atomic E-state index is -0.109. The maximum Gasteiger partial charge on any atom is 0.144 e. The molecule has 0 amide bonds. The smallest absolute Gasteiger partial charge is 0.144 e. The molecule has 0 unspecified atom stereocenters. The molecule has 0 spiro atoms. The van der Waals surface area contributed by atoms with Crippen molar-refractivity contribution in [3.05, 3.63) is 54.1 Å². The Balaban J connectivity index is 1.56. The first-order valence-corrected chi connectivity index (χ1v) is 10.0. The number of aromatic nitrogens is 5. The van der Waals surface area contributed by atoms with Crippen molar-refractivity contribution in [1.82, 2.24) is 24.9 Å². The second kappa shape index (κ2) is 8.11. The molecule has 3 aromatic rings. The number of rotatable bonds is 6. The Bertz CT molecular complexity index is 991. The molecule has 0 saturated heterocycles. The number of pyridine rings is 1. The summed E-state index contributed by atoms with van der Waals surface area (Å²) < 4.78 is 6.01. The molecule has 150 valence electrons. The maximum atomic E-state index is 6.01. The largest absolute Gasteiger partial charge is 0.491 e. The van der Waals surface area contributed by atoms with Crippen LogP contribution in [0.5, 0.6) is 5.75 Å². The highest BCUT2D eigenvalue weighted by Crippen LogP contribution is 2.38. The number of nitrogens with one attached hydrogen (secondary N) is 1. The minimum Gasteiger partial charge on any atom is -0.491 e. The van der Waals surface area contributed by atoms with Crippen LogP contribution in [0.1, 0.15) is 43.8 Å². The first-order valence-electron chi connectivity index (χ1n) is 10.0. The maximum absolute atomic E-state index is 6.01. The van der Waals surface area contributed by atoms with Crippen LogP contribution in [0.2, 0.25) is 0 Å². The molecule has 0 aliphatic carbocycles. The number of aryl methyl sites for hydroxylation is 2. The van der Waals surface area contributed by atoms with Gasteiger partial charge in [0.05, 0.1) is 18.0 Å². The highest BCUT2D eigenvalue weighted by Gasteiger charge is 2.31. The summed E-state index contributed by atoms with van der Waals surface area (Å²) in [4.78, 5) is 21.8. The van der Waals surface area contributed by atoms with Crippen molar-refractivity contribution in [3.63, 3.8) is 0 Å². The van der Waals surface area contributed by atoms with Crippen molar-refractivity contribution < 1.29 is 4.74 Å². The molecule has 4 rings (SSSR count). The SMILES string of the molecule is CC[C@](C)(CNc1cc(-c2cnc(C)nc2)ncn1)c1ccnc2c1OCCC2. The van der Waals surface area contributed by atoms with E-state index in [9.17, 15) is 0 Å². The van der Waals surface area contributed by atoms with Crippen LogP contribution in [-0.4, -0.2) is 38.1 Å². The lowest BCUT2D eigenvalue weighted by Gasteiger charge is -2.32. The standard InChI is InChI=1S/C22H26N6O/c1-4-22(3,17-7-8-23-18-6-5-9-29-21(17)18)13-26-20-10-19(27-14-28-20)16-11-24-15(2)25-12-16/h7-8,10-12,14H,4-6,9,13H2,1-3H3,(H,26,27,28)/t22-/m1/s1. The van der Waals surface area contributed by atoms with E-state index in [4.69, 9.17) is 4.74 Å². The fourth-order valence-corrected chi connectivity index (χ4v) is 3.55. The third-order valence-corrected chi connectivity index (χ3v) is 5.62. The molecule has 0 aromatic carbocycles. The molecular weight excluding hydrogens is 364 g/mol. The number of nitrogens with zero attached hydrogens (tertiary/aromatic N) is 5. The first kappa shape index (κ1) is 19.2. The van der Waals surface area contributed by atoms with Crippen LogP contribution < -0.4 is 10.1 Å². The normalized spacial score (nSPS) is 15.1. The lowest BCUT2D eigenvalue weighted by Crippen LogP contribution is -2.32. The Morgan fingerprint density at radius 1 is 1.14 bits per heavy atom. The van der Waals surface area contributed by atoms with Gasteiger partial charge in [0.25, 0.3) is 0 Å². The fourth-order valence-electron chi connectivity index (χ4n) is 3.55. The van der Waals surface area contributed by atoms with E-state index < -0.39 is 0 Å². The molecular formula is C22H26N6O. The summed E-state index contributed by atoms with van der Waals surface area (Å²) >= 11 is 0. The van der Waals surface area contributed by atoms with Crippen molar-refractivity contribution in [2.75, 3.05) is 18.5 Å². The summed E-state index contributed by atoms with van der Waals surface area (Å²) in [6.07, 6.45) is 10.00. The zero-order valence-electron chi connectivity index (χ0n) is 17.1. The summed E-state index contributed by atoms with van der Waals surface area (Å²) in [6.45, 7) is 7.80. The Morgan fingerprint density at radius 2 is 1.97 bits per heavy atom. The van der Waals surface area contributed by atoms with E-state index in [2.05, 4.69) is 50.2 Å². The van der Waals surface area contributed by atoms with Crippen LogP contribution >= 0.6 is 0 Å². The highest BCUT2D eigenvalue weighted by molar-refractivity contribution is 5.60. The first-order chi connectivity index (χ1) is 14.1. The topological polar surface area (TPSA) is 85.7 Å². The third-order valence-electron chi connectivity index (χ3n) is 5.62. The molecule has 0 radical (unpaired) electrons. The van der Waals surface area contributed by atoms with Gasteiger partial charge in [0, 0.05) is 47.7 Å². The van der Waals surface area contributed by atoms with Crippen molar-refractivity contribution in [2.45, 2.75) is 45.4 Å². The zero-order valence-corrected chi connectivity index (χ0v) is 17.1. The molecule has 1 atom stereocenters. The monoisotopic (exact) mass is 390 g/mol. The predicted molar refractivity (Wildman–Crippen MR) is 112 cm³/mol. The number of anilines is 1. The van der Waals surface area contributed by atoms with Crippen molar-refractivity contribution >= 4 is 5.82 Å². The fraction of sp³-hybridized carbons (Fsp3) is 0.409. The lowest BCUT2D eigenvalue weighted by atomic mass is 9.79. The van der Waals surface area contributed by atoms with Crippen LogP contribution in [-0.2, 0) is 11.8 Å². The number of hydrogen-bond donors (Lipinski definition) is 1. The number of hydrogen-bond acceptors (Lipinski definition) is 7. The van der Waals surface area contributed by atoms with Gasteiger partial charge in [-0.15, -0.1) is 0 Å². The van der Waals surface area contributed by atoms with E-state index in [-0.39, 0.29) is 5.41 Å². The Labute approximate surface area is 171 Å². The van der Waals surface area contributed by atoms with Crippen LogP contribution in [0.15, 0.2) is 37.1 Å². The molecule has 1 aliphatic heterocycles. The predicted octanol–water partition coefficient (Wildman–Crippen LogP) is 3.74. The van der Waals surface area contributed by atoms with Crippen molar-refractivity contribution in [1.29, 1.82) is 0 Å². The van der Waals surface area contributed by atoms with E-state index in [0.29, 0.717) is 0 Å². The average molecular weight is 390 g/mol. The zero-order chi connectivity index (χ0) is 20.3. The minimum absolute atomic E-state index is 0.109. The molecule has 3 aromatic heterocycles. The second-order valence-corrected chi connectivity index (χ2v) is 7.66. The van der Waals surface area contributed by atoms with E-state index in [1.54, 1.807) is 18.7 Å². The van der Waals surface area contributed by atoms with Crippen molar-refractivity contribution in [3.8, 4) is 17.0 Å². The summed E-state index contributed by atoms with van der Waals surface area (Å²) in [5.41, 5.74) is 3.83. The highest BCUT2D eigenvalue weighted by atomic mass is 16.5. The Hall–Kier alpha value is -3.09. The Morgan fingerprint density at radius 3 is 2.76 bits per heavy atom. The molecule has 4 heterocycles. The molecule has 0 fully saturated rings. The molecule has 0 bridgehead atoms. The molecule has 1 aliphatic rings. The third kappa shape index (κ3) is 4.04. The van der Waals surface area contributed by atoms with E-state index >= 15 is 0 Å². The Kier molecular flexibility index (Phi) is 5.38. The molecule has 0 saturated carbocycles. The summed E-state index contributed by atoms with van der Waals surface area (Å²) in [5.74, 6) is 2.48. The molecule has 29 heavy (non-hydrogen) atoms. The van der Waals surface area contributed by atoms with Gasteiger partial charge >= 0.3 is 0 Å². The van der Waals surface area contributed by atoms with E-state index in [1.165, 1.54) is 5.56 Å². The van der Waals surface area contributed by atoms with E-state index in [1.807, 2.05) is 19.2 Å². The molecule has 1 N–H and O–H groups in total. The van der Waals surface area contributed by atoms with Gasteiger partial charge in [0.2, 0.25) is 0 Å². The second-order valence-electron chi connectivity index (χ2n) is 7.66. The molecule has 7 heteroatoms. The van der Waals surface area contributed by atoms with Gasteiger partial charge in [-0.2, -0.15) is 0 Å². The van der Waals surface area contributed by atoms with Gasteiger partial charge in [-0.3, -0.25) is 4.98 Å². The molecule has 7 nitrogen and oxygen atoms in total. The number of fused-ring (bicyclic) bond motifs is 1. The van der Waals surface area contributed by atoms with Crippen LogP contribution in [0.4, 0.5) is 5.82 Å².